The van der Waals surface area contributed by atoms with Crippen LogP contribution in [0.15, 0.2) is 30.3 Å². The molecule has 1 nitrogen and oxygen atoms in total. The van der Waals surface area contributed by atoms with Crippen LogP contribution < -0.4 is 0 Å². The van der Waals surface area contributed by atoms with E-state index in [2.05, 4.69) is 50.2 Å². The molecule has 0 bridgehead atoms. The summed E-state index contributed by atoms with van der Waals surface area (Å²) >= 11 is 0. The third-order valence-electron chi connectivity index (χ3n) is 3.38. The lowest BCUT2D eigenvalue weighted by atomic mass is 9.91. The Hall–Kier alpha value is -1.81. The van der Waals surface area contributed by atoms with Crippen molar-refractivity contribution in [3.63, 3.8) is 0 Å². The molecule has 2 rings (SSSR count). The van der Waals surface area contributed by atoms with Gasteiger partial charge >= 0.3 is 0 Å². The standard InChI is InChI=1S/C17H19N/c1-3-7-13-11-14(12-18)15(8-4-2)17-10-6-5-9-16(13)17/h5-6,9-11H,3-4,7-8H2,1-2H3. The van der Waals surface area contributed by atoms with Crippen molar-refractivity contribution in [2.24, 2.45) is 0 Å². The first kappa shape index (κ1) is 12.6. The van der Waals surface area contributed by atoms with Crippen molar-refractivity contribution in [3.05, 3.63) is 47.0 Å². The Morgan fingerprint density at radius 2 is 1.67 bits per heavy atom. The SMILES string of the molecule is CCCc1cc(C#N)c(CCC)c2ccccc12. The minimum atomic E-state index is 0.860. The molecule has 0 aromatic heterocycles. The highest BCUT2D eigenvalue weighted by atomic mass is 14.3. The molecule has 18 heavy (non-hydrogen) atoms. The molecule has 0 saturated heterocycles. The van der Waals surface area contributed by atoms with E-state index < -0.39 is 0 Å². The van der Waals surface area contributed by atoms with Gasteiger partial charge in [0.1, 0.15) is 0 Å². The second-order valence-corrected chi connectivity index (χ2v) is 4.72. The van der Waals surface area contributed by atoms with E-state index in [1.54, 1.807) is 0 Å². The third-order valence-corrected chi connectivity index (χ3v) is 3.38. The summed E-state index contributed by atoms with van der Waals surface area (Å²) in [6, 6.07) is 13.0. The zero-order valence-corrected chi connectivity index (χ0v) is 11.2. The van der Waals surface area contributed by atoms with E-state index in [9.17, 15) is 5.26 Å². The van der Waals surface area contributed by atoms with E-state index in [-0.39, 0.29) is 0 Å². The third kappa shape index (κ3) is 2.24. The molecule has 0 atom stereocenters. The van der Waals surface area contributed by atoms with Crippen molar-refractivity contribution in [2.45, 2.75) is 39.5 Å². The summed E-state index contributed by atoms with van der Waals surface area (Å²) in [5.41, 5.74) is 3.39. The Morgan fingerprint density at radius 3 is 2.28 bits per heavy atom. The lowest BCUT2D eigenvalue weighted by molar-refractivity contribution is 0.913. The number of hydrogen-bond donors (Lipinski definition) is 0. The van der Waals surface area contributed by atoms with Gasteiger partial charge in [0.15, 0.2) is 0 Å². The molecule has 92 valence electrons. The quantitative estimate of drug-likeness (QED) is 0.761. The Bertz CT molecular complexity index is 590. The number of benzene rings is 2. The van der Waals surface area contributed by atoms with Crippen LogP contribution in [-0.2, 0) is 12.8 Å². The predicted octanol–water partition coefficient (Wildman–Crippen LogP) is 4.62. The minimum absolute atomic E-state index is 0.860. The van der Waals surface area contributed by atoms with Gasteiger partial charge in [-0.05, 0) is 40.8 Å². The fourth-order valence-electron chi connectivity index (χ4n) is 2.61. The van der Waals surface area contributed by atoms with Gasteiger partial charge in [0.2, 0.25) is 0 Å². The first-order valence-corrected chi connectivity index (χ1v) is 6.75. The molecule has 0 aliphatic rings. The van der Waals surface area contributed by atoms with Crippen LogP contribution in [0, 0.1) is 11.3 Å². The van der Waals surface area contributed by atoms with Crippen LogP contribution >= 0.6 is 0 Å². The van der Waals surface area contributed by atoms with Gasteiger partial charge in [-0.25, -0.2) is 0 Å². The summed E-state index contributed by atoms with van der Waals surface area (Å²) in [6.07, 6.45) is 4.21. The molecular weight excluding hydrogens is 218 g/mol. The van der Waals surface area contributed by atoms with Gasteiger partial charge in [-0.15, -0.1) is 0 Å². The maximum atomic E-state index is 9.35. The van der Waals surface area contributed by atoms with Gasteiger partial charge in [0, 0.05) is 0 Å². The molecular formula is C17H19N. The summed E-state index contributed by atoms with van der Waals surface area (Å²) in [4.78, 5) is 0. The number of hydrogen-bond acceptors (Lipinski definition) is 1. The molecule has 0 saturated carbocycles. The summed E-state index contributed by atoms with van der Waals surface area (Å²) in [5.74, 6) is 0. The van der Waals surface area contributed by atoms with E-state index >= 15 is 0 Å². The summed E-state index contributed by atoms with van der Waals surface area (Å²) < 4.78 is 0. The first-order valence-electron chi connectivity index (χ1n) is 6.75. The summed E-state index contributed by atoms with van der Waals surface area (Å²) in [6.45, 7) is 4.34. The van der Waals surface area contributed by atoms with Crippen LogP contribution in [0.3, 0.4) is 0 Å². The number of aryl methyl sites for hydroxylation is 2. The molecule has 0 amide bonds. The van der Waals surface area contributed by atoms with Crippen LogP contribution in [0.4, 0.5) is 0 Å². The smallest absolute Gasteiger partial charge is 0.0994 e. The molecule has 0 fully saturated rings. The van der Waals surface area contributed by atoms with Gasteiger partial charge < -0.3 is 0 Å². The normalized spacial score (nSPS) is 10.5. The van der Waals surface area contributed by atoms with E-state index in [0.29, 0.717) is 0 Å². The van der Waals surface area contributed by atoms with Gasteiger partial charge in [-0.3, -0.25) is 0 Å². The average Bonchev–Trinajstić information content (AvgIpc) is 2.41. The monoisotopic (exact) mass is 237 g/mol. The van der Waals surface area contributed by atoms with Crippen LogP contribution in [0.25, 0.3) is 10.8 Å². The topological polar surface area (TPSA) is 23.8 Å². The van der Waals surface area contributed by atoms with E-state index in [4.69, 9.17) is 0 Å². The Kier molecular flexibility index (Phi) is 3.99. The molecule has 0 heterocycles. The van der Waals surface area contributed by atoms with Crippen molar-refractivity contribution >= 4 is 10.8 Å². The highest BCUT2D eigenvalue weighted by Gasteiger charge is 2.10. The zero-order chi connectivity index (χ0) is 13.0. The summed E-state index contributed by atoms with van der Waals surface area (Å²) in [5, 5.41) is 11.9. The molecule has 0 N–H and O–H groups in total. The Balaban J connectivity index is 2.75. The average molecular weight is 237 g/mol. The molecule has 0 spiro atoms. The maximum Gasteiger partial charge on any atom is 0.0994 e. The number of fused-ring (bicyclic) bond motifs is 1. The second-order valence-electron chi connectivity index (χ2n) is 4.72. The highest BCUT2D eigenvalue weighted by molar-refractivity contribution is 5.90. The fraction of sp³-hybridized carbons (Fsp3) is 0.353. The fourth-order valence-corrected chi connectivity index (χ4v) is 2.61. The molecule has 2 aromatic carbocycles. The van der Waals surface area contributed by atoms with Gasteiger partial charge in [0.25, 0.3) is 0 Å². The van der Waals surface area contributed by atoms with Gasteiger partial charge in [-0.2, -0.15) is 5.26 Å². The van der Waals surface area contributed by atoms with Crippen molar-refractivity contribution in [1.82, 2.24) is 0 Å². The van der Waals surface area contributed by atoms with Gasteiger partial charge in [-0.1, -0.05) is 51.0 Å². The molecule has 0 radical (unpaired) electrons. The maximum absolute atomic E-state index is 9.35. The second kappa shape index (κ2) is 5.69. The molecule has 0 aliphatic heterocycles. The molecule has 0 aliphatic carbocycles. The van der Waals surface area contributed by atoms with Gasteiger partial charge in [0.05, 0.1) is 11.6 Å². The number of nitrogens with zero attached hydrogens (tertiary/aromatic N) is 1. The molecule has 1 heteroatoms. The van der Waals surface area contributed by atoms with Crippen molar-refractivity contribution in [1.29, 1.82) is 5.26 Å². The van der Waals surface area contributed by atoms with E-state index in [1.165, 1.54) is 21.9 Å². The molecule has 2 aromatic rings. The minimum Gasteiger partial charge on any atom is -0.192 e. The van der Waals surface area contributed by atoms with Crippen molar-refractivity contribution < 1.29 is 0 Å². The first-order chi connectivity index (χ1) is 8.81. The van der Waals surface area contributed by atoms with Crippen molar-refractivity contribution in [2.75, 3.05) is 0 Å². The van der Waals surface area contributed by atoms with Crippen molar-refractivity contribution in [3.8, 4) is 6.07 Å². The zero-order valence-electron chi connectivity index (χ0n) is 11.2. The van der Waals surface area contributed by atoms with Crippen LogP contribution in [0.5, 0.6) is 0 Å². The number of nitriles is 1. The number of rotatable bonds is 4. The highest BCUT2D eigenvalue weighted by Crippen LogP contribution is 2.28. The van der Waals surface area contributed by atoms with Crippen LogP contribution in [0.1, 0.15) is 43.4 Å². The lowest BCUT2D eigenvalue weighted by Crippen LogP contribution is -1.96. The Morgan fingerprint density at radius 1 is 1.00 bits per heavy atom. The molecule has 0 unspecified atom stereocenters. The van der Waals surface area contributed by atoms with Crippen LogP contribution in [-0.4, -0.2) is 0 Å². The Labute approximate surface area is 109 Å². The predicted molar refractivity (Wildman–Crippen MR) is 76.7 cm³/mol. The lowest BCUT2D eigenvalue weighted by Gasteiger charge is -2.12. The summed E-state index contributed by atoms with van der Waals surface area (Å²) in [7, 11) is 0. The van der Waals surface area contributed by atoms with E-state index in [0.717, 1.165) is 31.2 Å². The van der Waals surface area contributed by atoms with E-state index in [1.807, 2.05) is 0 Å². The largest absolute Gasteiger partial charge is 0.192 e. The van der Waals surface area contributed by atoms with Crippen LogP contribution in [0.2, 0.25) is 0 Å².